The Morgan fingerprint density at radius 1 is 1.33 bits per heavy atom. The van der Waals surface area contributed by atoms with Crippen LogP contribution in [0.1, 0.15) is 25.8 Å². The van der Waals surface area contributed by atoms with Crippen molar-refractivity contribution < 1.29 is 9.53 Å². The van der Waals surface area contributed by atoms with Crippen LogP contribution in [0.15, 0.2) is 24.3 Å². The van der Waals surface area contributed by atoms with Gasteiger partial charge in [0.25, 0.3) is 0 Å². The number of alkyl halides is 1. The zero-order valence-electron chi connectivity index (χ0n) is 11.1. The summed E-state index contributed by atoms with van der Waals surface area (Å²) < 4.78 is 5.08. The van der Waals surface area contributed by atoms with Gasteiger partial charge in [-0.3, -0.25) is 4.79 Å². The van der Waals surface area contributed by atoms with Crippen molar-refractivity contribution in [1.82, 2.24) is 5.32 Å². The summed E-state index contributed by atoms with van der Waals surface area (Å²) in [5.74, 6) is 0.862. The fourth-order valence-electron chi connectivity index (χ4n) is 1.80. The van der Waals surface area contributed by atoms with Crippen molar-refractivity contribution in [2.45, 2.75) is 37.6 Å². The van der Waals surface area contributed by atoms with E-state index in [4.69, 9.17) is 4.74 Å². The molecule has 0 aliphatic carbocycles. The average Bonchev–Trinajstić information content (AvgIpc) is 2.28. The van der Waals surface area contributed by atoms with Crippen molar-refractivity contribution in [2.24, 2.45) is 0 Å². The van der Waals surface area contributed by atoms with Gasteiger partial charge >= 0.3 is 0 Å². The molecule has 18 heavy (non-hydrogen) atoms. The molecule has 0 saturated carbocycles. The third kappa shape index (κ3) is 5.54. The van der Waals surface area contributed by atoms with Gasteiger partial charge in [-0.25, -0.2) is 0 Å². The highest BCUT2D eigenvalue weighted by atomic mass is 79.9. The minimum atomic E-state index is 0.0563. The minimum absolute atomic E-state index is 0.0563. The number of ether oxygens (including phenoxy) is 1. The number of carbonyl (C=O) groups is 1. The second-order valence-electron chi connectivity index (χ2n) is 4.51. The van der Waals surface area contributed by atoms with E-state index in [9.17, 15) is 4.79 Å². The second kappa shape index (κ2) is 7.41. The molecule has 2 unspecified atom stereocenters. The number of nitrogens with one attached hydrogen (secondary N) is 1. The van der Waals surface area contributed by atoms with E-state index in [-0.39, 0.29) is 11.9 Å². The summed E-state index contributed by atoms with van der Waals surface area (Å²) in [5.41, 5.74) is 0.993. The lowest BCUT2D eigenvalue weighted by Crippen LogP contribution is -2.34. The van der Waals surface area contributed by atoms with E-state index < -0.39 is 0 Å². The van der Waals surface area contributed by atoms with Crippen molar-refractivity contribution in [2.75, 3.05) is 7.11 Å². The van der Waals surface area contributed by atoms with E-state index in [0.29, 0.717) is 11.2 Å². The lowest BCUT2D eigenvalue weighted by atomic mass is 10.1. The molecule has 4 heteroatoms. The van der Waals surface area contributed by atoms with Gasteiger partial charge < -0.3 is 10.1 Å². The second-order valence-corrected chi connectivity index (χ2v) is 6.07. The number of amides is 1. The normalized spacial score (nSPS) is 13.8. The predicted molar refractivity (Wildman–Crippen MR) is 77.3 cm³/mol. The van der Waals surface area contributed by atoms with Crippen molar-refractivity contribution in [3.8, 4) is 5.75 Å². The van der Waals surface area contributed by atoms with Crippen LogP contribution in [-0.2, 0) is 11.2 Å². The summed E-state index contributed by atoms with van der Waals surface area (Å²) in [7, 11) is 1.63. The largest absolute Gasteiger partial charge is 0.497 e. The topological polar surface area (TPSA) is 38.3 Å². The van der Waals surface area contributed by atoms with Crippen LogP contribution < -0.4 is 10.1 Å². The molecule has 0 spiro atoms. The van der Waals surface area contributed by atoms with Gasteiger partial charge in [-0.05, 0) is 31.0 Å². The van der Waals surface area contributed by atoms with Gasteiger partial charge in [0.1, 0.15) is 5.75 Å². The summed E-state index contributed by atoms with van der Waals surface area (Å²) in [6.07, 6.45) is 1.33. The third-order valence-corrected chi connectivity index (χ3v) is 2.98. The number of methoxy groups -OCH3 is 1. The van der Waals surface area contributed by atoms with E-state index in [1.165, 1.54) is 0 Å². The molecule has 0 aliphatic heterocycles. The molecule has 0 radical (unpaired) electrons. The fourth-order valence-corrected chi connectivity index (χ4v) is 2.36. The van der Waals surface area contributed by atoms with E-state index in [2.05, 4.69) is 28.2 Å². The SMILES string of the molecule is COc1ccc(CC(=O)NC(C)CC(C)Br)cc1. The molecule has 0 heterocycles. The Balaban J connectivity index is 2.43. The Morgan fingerprint density at radius 2 is 1.94 bits per heavy atom. The van der Waals surface area contributed by atoms with E-state index >= 15 is 0 Å². The van der Waals surface area contributed by atoms with Crippen molar-refractivity contribution in [1.29, 1.82) is 0 Å². The molecule has 1 N–H and O–H groups in total. The predicted octanol–water partition coefficient (Wildman–Crippen LogP) is 2.92. The van der Waals surface area contributed by atoms with Crippen LogP contribution in [-0.4, -0.2) is 23.9 Å². The standard InChI is InChI=1S/C14H20BrNO2/c1-10(15)8-11(2)16-14(17)9-12-4-6-13(18-3)7-5-12/h4-7,10-11H,8-9H2,1-3H3,(H,16,17). The Hall–Kier alpha value is -1.03. The molecule has 0 saturated heterocycles. The van der Waals surface area contributed by atoms with E-state index in [1.807, 2.05) is 31.2 Å². The summed E-state index contributed by atoms with van der Waals surface area (Å²) in [6.45, 7) is 4.09. The molecule has 0 aromatic heterocycles. The van der Waals surface area contributed by atoms with E-state index in [0.717, 1.165) is 17.7 Å². The van der Waals surface area contributed by atoms with Crippen LogP contribution in [0.5, 0.6) is 5.75 Å². The molecule has 0 aliphatic rings. The molecule has 0 bridgehead atoms. The summed E-state index contributed by atoms with van der Waals surface area (Å²) in [4.78, 5) is 12.2. The van der Waals surface area contributed by atoms with Gasteiger partial charge in [-0.1, -0.05) is 35.0 Å². The maximum atomic E-state index is 11.8. The number of benzene rings is 1. The van der Waals surface area contributed by atoms with Gasteiger partial charge in [0, 0.05) is 10.9 Å². The molecule has 1 amide bonds. The van der Waals surface area contributed by atoms with Crippen molar-refractivity contribution in [3.05, 3.63) is 29.8 Å². The highest BCUT2D eigenvalue weighted by molar-refractivity contribution is 9.09. The number of halogens is 1. The quantitative estimate of drug-likeness (QED) is 0.820. The average molecular weight is 314 g/mol. The highest BCUT2D eigenvalue weighted by Crippen LogP contribution is 2.12. The van der Waals surface area contributed by atoms with Crippen LogP contribution in [0.3, 0.4) is 0 Å². The first-order valence-corrected chi connectivity index (χ1v) is 6.99. The number of rotatable bonds is 6. The fraction of sp³-hybridized carbons (Fsp3) is 0.500. The molecule has 1 aromatic rings. The van der Waals surface area contributed by atoms with Crippen molar-refractivity contribution in [3.63, 3.8) is 0 Å². The smallest absolute Gasteiger partial charge is 0.224 e. The Bertz CT molecular complexity index is 376. The molecule has 3 nitrogen and oxygen atoms in total. The Kier molecular flexibility index (Phi) is 6.19. The highest BCUT2D eigenvalue weighted by Gasteiger charge is 2.10. The van der Waals surface area contributed by atoms with Gasteiger partial charge in [-0.2, -0.15) is 0 Å². The Labute approximate surface area is 117 Å². The zero-order valence-corrected chi connectivity index (χ0v) is 12.7. The van der Waals surface area contributed by atoms with Crippen LogP contribution in [0.25, 0.3) is 0 Å². The summed E-state index contributed by atoms with van der Waals surface area (Å²) in [5, 5.41) is 2.99. The maximum Gasteiger partial charge on any atom is 0.224 e. The third-order valence-electron chi connectivity index (χ3n) is 2.61. The van der Waals surface area contributed by atoms with Crippen LogP contribution in [0, 0.1) is 0 Å². The van der Waals surface area contributed by atoms with Crippen molar-refractivity contribution >= 4 is 21.8 Å². The maximum absolute atomic E-state index is 11.8. The van der Waals surface area contributed by atoms with Gasteiger partial charge in [0.15, 0.2) is 0 Å². The number of hydrogen-bond donors (Lipinski definition) is 1. The summed E-state index contributed by atoms with van der Waals surface area (Å²) in [6, 6.07) is 7.75. The molecule has 0 fully saturated rings. The van der Waals surface area contributed by atoms with E-state index in [1.54, 1.807) is 7.11 Å². The van der Waals surface area contributed by atoms with Gasteiger partial charge in [-0.15, -0.1) is 0 Å². The molecular weight excluding hydrogens is 294 g/mol. The molecule has 1 rings (SSSR count). The van der Waals surface area contributed by atoms with Crippen LogP contribution >= 0.6 is 15.9 Å². The van der Waals surface area contributed by atoms with Crippen LogP contribution in [0.2, 0.25) is 0 Å². The van der Waals surface area contributed by atoms with Crippen LogP contribution in [0.4, 0.5) is 0 Å². The number of carbonyl (C=O) groups excluding carboxylic acids is 1. The first-order chi connectivity index (χ1) is 8.51. The molecular formula is C14H20BrNO2. The van der Waals surface area contributed by atoms with Gasteiger partial charge in [0.05, 0.1) is 13.5 Å². The monoisotopic (exact) mass is 313 g/mol. The molecule has 1 aromatic carbocycles. The zero-order chi connectivity index (χ0) is 13.5. The lowest BCUT2D eigenvalue weighted by Gasteiger charge is -2.15. The molecule has 2 atom stereocenters. The minimum Gasteiger partial charge on any atom is -0.497 e. The Morgan fingerprint density at radius 3 is 2.44 bits per heavy atom. The first kappa shape index (κ1) is 15.0. The number of hydrogen-bond acceptors (Lipinski definition) is 2. The first-order valence-electron chi connectivity index (χ1n) is 6.07. The summed E-state index contributed by atoms with van der Waals surface area (Å²) >= 11 is 3.48. The molecule has 100 valence electrons. The van der Waals surface area contributed by atoms with Gasteiger partial charge in [0.2, 0.25) is 5.91 Å². The lowest BCUT2D eigenvalue weighted by molar-refractivity contribution is -0.121.